The van der Waals surface area contributed by atoms with Gasteiger partial charge in [-0.2, -0.15) is 0 Å². The van der Waals surface area contributed by atoms with Crippen molar-refractivity contribution < 1.29 is 45.1 Å². The molecule has 30 heavy (non-hydrogen) atoms. The third kappa shape index (κ3) is 50.0. The molecule has 0 radical (unpaired) electrons. The lowest BCUT2D eigenvalue weighted by molar-refractivity contribution is -0.129. The molecule has 13 N–H and O–H groups in total. The molecule has 0 aromatic carbocycles. The molecule has 0 spiro atoms. The molecule has 0 aliphatic heterocycles. The maximum atomic E-state index is 9.82. The lowest BCUT2D eigenvalue weighted by Crippen LogP contribution is -2.27. The predicted octanol–water partition coefficient (Wildman–Crippen LogP) is -2.13. The van der Waals surface area contributed by atoms with Crippen LogP contribution in [0.1, 0.15) is 53.4 Å². The molecule has 0 atom stereocenters. The van der Waals surface area contributed by atoms with Gasteiger partial charge in [0.25, 0.3) is 0 Å². The Morgan fingerprint density at radius 2 is 0.767 bits per heavy atom. The van der Waals surface area contributed by atoms with E-state index in [-0.39, 0.29) is 36.7 Å². The Balaban J connectivity index is -0.0000000868. The highest BCUT2D eigenvalue weighted by Crippen LogP contribution is 1.69. The van der Waals surface area contributed by atoms with Crippen molar-refractivity contribution in [2.24, 2.45) is 11.5 Å². The smallest absolute Gasteiger partial charge is 0.243 e. The van der Waals surface area contributed by atoms with E-state index in [1.807, 2.05) is 0 Å². The fourth-order valence-electron chi connectivity index (χ4n) is 0.412. The van der Waals surface area contributed by atoms with Crippen molar-refractivity contribution in [3.05, 3.63) is 0 Å². The molecule has 0 aliphatic rings. The molecule has 15 nitrogen and oxygen atoms in total. The zero-order valence-corrected chi connectivity index (χ0v) is 17.8. The van der Waals surface area contributed by atoms with Crippen LogP contribution < -0.4 is 33.4 Å². The minimum absolute atomic E-state index is 0.260. The van der Waals surface area contributed by atoms with Gasteiger partial charge < -0.3 is 16.6 Å². The van der Waals surface area contributed by atoms with Crippen molar-refractivity contribution in [3.63, 3.8) is 0 Å². The van der Waals surface area contributed by atoms with Crippen LogP contribution in [0.25, 0.3) is 0 Å². The number of aliphatic hydroxyl groups is 1. The molecule has 0 saturated heterocycles. The van der Waals surface area contributed by atoms with Crippen molar-refractivity contribution in [3.8, 4) is 0 Å². The first-order chi connectivity index (χ1) is 14.0. The summed E-state index contributed by atoms with van der Waals surface area (Å²) in [6.07, 6.45) is 0.810. The Kier molecular flexibility index (Phi) is 43.5. The predicted molar refractivity (Wildman–Crippen MR) is 105 cm³/mol. The quantitative estimate of drug-likeness (QED) is 0.155. The van der Waals surface area contributed by atoms with Crippen LogP contribution >= 0.6 is 0 Å². The van der Waals surface area contributed by atoms with E-state index in [9.17, 15) is 19.2 Å². The van der Waals surface area contributed by atoms with Gasteiger partial charge in [0.15, 0.2) is 0 Å². The first kappa shape index (κ1) is 38.2. The van der Waals surface area contributed by atoms with Gasteiger partial charge in [-0.05, 0) is 0 Å². The van der Waals surface area contributed by atoms with Crippen LogP contribution in [0.5, 0.6) is 0 Å². The van der Waals surface area contributed by atoms with Gasteiger partial charge in [-0.1, -0.05) is 27.7 Å². The maximum absolute atomic E-state index is 9.82. The van der Waals surface area contributed by atoms with Gasteiger partial charge in [-0.25, -0.2) is 21.9 Å². The zero-order valence-electron chi connectivity index (χ0n) is 17.8. The molecular weight excluding hydrogens is 408 g/mol. The number of hydrogen-bond acceptors (Lipinski definition) is 11. The summed E-state index contributed by atoms with van der Waals surface area (Å²) in [6.45, 7) is 7.15. The van der Waals surface area contributed by atoms with Crippen LogP contribution in [0.2, 0.25) is 0 Å². The molecule has 0 rings (SSSR count). The molecule has 182 valence electrons. The van der Waals surface area contributed by atoms with Gasteiger partial charge in [-0.15, -0.1) is 0 Å². The number of amides is 4. The van der Waals surface area contributed by atoms with Crippen LogP contribution in [0.15, 0.2) is 0 Å². The Morgan fingerprint density at radius 3 is 0.767 bits per heavy atom. The number of rotatable bonds is 6. The summed E-state index contributed by atoms with van der Waals surface area (Å²) in [5.74, 6) is -1.41. The van der Waals surface area contributed by atoms with Crippen molar-refractivity contribution in [2.75, 3.05) is 13.1 Å². The number of aliphatic hydroxyl groups excluding tert-OH is 1. The molecule has 0 heterocycles. The summed E-state index contributed by atoms with van der Waals surface area (Å²) in [5, 5.41) is 39.4. The second-order valence-electron chi connectivity index (χ2n) is 4.68. The highest BCUT2D eigenvalue weighted by Gasteiger charge is 1.91. The summed E-state index contributed by atoms with van der Waals surface area (Å²) in [6, 6.07) is 0. The maximum Gasteiger partial charge on any atom is 0.243 e. The molecule has 0 fully saturated rings. The fourth-order valence-corrected chi connectivity index (χ4v) is 0.412. The van der Waals surface area contributed by atoms with E-state index in [2.05, 4.69) is 0 Å². The third-order valence-corrected chi connectivity index (χ3v) is 2.33. The summed E-state index contributed by atoms with van der Waals surface area (Å²) in [4.78, 5) is 39.3. The second kappa shape index (κ2) is 34.1. The van der Waals surface area contributed by atoms with Crippen LogP contribution in [0.4, 0.5) is 0 Å². The molecule has 0 unspecified atom stereocenters. The number of hydroxylamine groups is 4. The molecule has 0 aromatic heterocycles. The summed E-state index contributed by atoms with van der Waals surface area (Å²) in [7, 11) is 0. The van der Waals surface area contributed by atoms with Gasteiger partial charge in [0.2, 0.25) is 23.6 Å². The van der Waals surface area contributed by atoms with E-state index in [1.165, 1.54) is 21.9 Å². The lowest BCUT2D eigenvalue weighted by Gasteiger charge is -1.98. The highest BCUT2D eigenvalue weighted by molar-refractivity contribution is 5.74. The molecule has 0 aliphatic carbocycles. The summed E-state index contributed by atoms with van der Waals surface area (Å²) >= 11 is 0. The molecule has 15 heteroatoms. The van der Waals surface area contributed by atoms with Crippen LogP contribution in [-0.4, -0.2) is 68.8 Å². The van der Waals surface area contributed by atoms with Gasteiger partial charge in [0.05, 0.1) is 6.10 Å². The molecule has 0 saturated carbocycles. The van der Waals surface area contributed by atoms with E-state index < -0.39 is 6.10 Å². The van der Waals surface area contributed by atoms with Gasteiger partial charge in [0.1, 0.15) is 0 Å². The van der Waals surface area contributed by atoms with Crippen LogP contribution in [-0.2, 0) is 19.2 Å². The topological polar surface area (TPSA) is 270 Å². The van der Waals surface area contributed by atoms with Gasteiger partial charge >= 0.3 is 0 Å². The minimum Gasteiger partial charge on any atom is -0.390 e. The largest absolute Gasteiger partial charge is 0.390 e. The normalized spacial score (nSPS) is 8.13. The molecule has 0 aromatic rings. The SMILES string of the molecule is CCC(=O)NO.CCC(=O)NO.CCC(=O)NO.CCC(=O)NO.NCC(O)CN. The number of hydrogen-bond donors (Lipinski definition) is 11. The second-order valence-corrected chi connectivity index (χ2v) is 4.68. The first-order valence-electron chi connectivity index (χ1n) is 8.84. The first-order valence-corrected chi connectivity index (χ1v) is 8.84. The third-order valence-electron chi connectivity index (χ3n) is 2.33. The lowest BCUT2D eigenvalue weighted by atomic mass is 10.4. The van der Waals surface area contributed by atoms with Gasteiger partial charge in [0, 0.05) is 38.8 Å². The molecule has 0 bridgehead atoms. The van der Waals surface area contributed by atoms with Gasteiger partial charge in [-0.3, -0.25) is 40.0 Å². The van der Waals surface area contributed by atoms with Crippen molar-refractivity contribution >= 4 is 23.6 Å². The van der Waals surface area contributed by atoms with E-state index >= 15 is 0 Å². The number of carbonyl (C=O) groups excluding carboxylic acids is 4. The van der Waals surface area contributed by atoms with E-state index in [1.54, 1.807) is 27.7 Å². The van der Waals surface area contributed by atoms with E-state index in [4.69, 9.17) is 37.4 Å². The van der Waals surface area contributed by atoms with E-state index in [0.717, 1.165) is 0 Å². The number of nitrogens with two attached hydrogens (primary N) is 2. The monoisotopic (exact) mass is 446 g/mol. The number of nitrogens with one attached hydrogen (secondary N) is 4. The van der Waals surface area contributed by atoms with E-state index in [0.29, 0.717) is 25.7 Å². The van der Waals surface area contributed by atoms with Crippen molar-refractivity contribution in [1.82, 2.24) is 21.9 Å². The standard InChI is InChI=1S/C3H10N2O.4C3H7NO2/c4-1-3(6)2-5;4*1-2-3(5)4-6/h3,6H,1-2,4-5H2;4*6H,2H2,1H3,(H,4,5). The fraction of sp³-hybridized carbons (Fsp3) is 0.733. The number of carbonyl (C=O) groups is 4. The minimum atomic E-state index is -0.509. The van der Waals surface area contributed by atoms with Crippen molar-refractivity contribution in [2.45, 2.75) is 59.5 Å². The zero-order chi connectivity index (χ0) is 25.0. The molecular formula is C15H38N6O9. The average molecular weight is 447 g/mol. The van der Waals surface area contributed by atoms with Crippen molar-refractivity contribution in [1.29, 1.82) is 0 Å². The Bertz CT molecular complexity index is 322. The van der Waals surface area contributed by atoms with Crippen LogP contribution in [0.3, 0.4) is 0 Å². The summed E-state index contributed by atoms with van der Waals surface area (Å²) in [5.41, 5.74) is 15.8. The molecule has 4 amide bonds. The Morgan fingerprint density at radius 1 is 0.600 bits per heavy atom. The Labute approximate surface area is 175 Å². The highest BCUT2D eigenvalue weighted by atomic mass is 16.5. The Hall–Kier alpha value is -2.40. The summed E-state index contributed by atoms with van der Waals surface area (Å²) < 4.78 is 0. The van der Waals surface area contributed by atoms with Crippen LogP contribution in [0, 0.1) is 0 Å². The average Bonchev–Trinajstić information content (AvgIpc) is 2.82.